The largest absolute Gasteiger partial charge is 0.391 e. The molecular formula is C16H26N4O2. The first-order valence-corrected chi connectivity index (χ1v) is 7.81. The summed E-state index contributed by atoms with van der Waals surface area (Å²) >= 11 is 0. The molecular weight excluding hydrogens is 280 g/mol. The molecule has 0 bridgehead atoms. The molecule has 1 saturated heterocycles. The van der Waals surface area contributed by atoms with Crippen molar-refractivity contribution in [1.82, 2.24) is 10.3 Å². The molecule has 0 aliphatic carbocycles. The Morgan fingerprint density at radius 3 is 2.73 bits per heavy atom. The van der Waals surface area contributed by atoms with Crippen molar-refractivity contribution in [2.24, 2.45) is 5.41 Å². The van der Waals surface area contributed by atoms with E-state index in [1.807, 2.05) is 26.8 Å². The van der Waals surface area contributed by atoms with Crippen LogP contribution >= 0.6 is 0 Å². The highest BCUT2D eigenvalue weighted by atomic mass is 16.3. The molecule has 1 aliphatic heterocycles. The van der Waals surface area contributed by atoms with Gasteiger partial charge in [-0.25, -0.2) is 9.78 Å². The lowest BCUT2D eigenvalue weighted by molar-refractivity contribution is 0.0654. The molecule has 2 amide bonds. The van der Waals surface area contributed by atoms with E-state index in [2.05, 4.69) is 20.5 Å². The van der Waals surface area contributed by atoms with E-state index in [9.17, 15) is 9.90 Å². The highest BCUT2D eigenvalue weighted by molar-refractivity contribution is 5.92. The zero-order valence-electron chi connectivity index (χ0n) is 13.6. The van der Waals surface area contributed by atoms with Gasteiger partial charge in [-0.3, -0.25) is 0 Å². The Morgan fingerprint density at radius 2 is 2.09 bits per heavy atom. The van der Waals surface area contributed by atoms with Gasteiger partial charge < -0.3 is 20.6 Å². The van der Waals surface area contributed by atoms with Gasteiger partial charge in [-0.2, -0.15) is 0 Å². The number of urea groups is 1. The number of nitrogens with one attached hydrogen (secondary N) is 2. The minimum atomic E-state index is -0.592. The summed E-state index contributed by atoms with van der Waals surface area (Å²) in [5.41, 5.74) is 0.439. The molecule has 6 heteroatoms. The van der Waals surface area contributed by atoms with Gasteiger partial charge in [-0.15, -0.1) is 0 Å². The Labute approximate surface area is 131 Å². The summed E-state index contributed by atoms with van der Waals surface area (Å²) in [5.74, 6) is 0.812. The molecule has 0 radical (unpaired) electrons. The third-order valence-corrected chi connectivity index (χ3v) is 3.90. The fourth-order valence-corrected chi connectivity index (χ4v) is 2.34. The molecule has 1 aromatic rings. The Bertz CT molecular complexity index is 507. The predicted molar refractivity (Wildman–Crippen MR) is 88.2 cm³/mol. The van der Waals surface area contributed by atoms with Crippen LogP contribution in [0.2, 0.25) is 0 Å². The predicted octanol–water partition coefficient (Wildman–Crippen LogP) is 2.21. The van der Waals surface area contributed by atoms with Crippen LogP contribution in [0.4, 0.5) is 16.3 Å². The maximum absolute atomic E-state index is 12.0. The molecule has 1 atom stereocenters. The average molecular weight is 306 g/mol. The molecule has 2 rings (SSSR count). The first-order valence-electron chi connectivity index (χ1n) is 7.81. The molecule has 22 heavy (non-hydrogen) atoms. The number of carbonyl (C=O) groups is 1. The summed E-state index contributed by atoms with van der Waals surface area (Å²) in [6, 6.07) is 3.33. The van der Waals surface area contributed by atoms with Crippen LogP contribution < -0.4 is 15.5 Å². The van der Waals surface area contributed by atoms with Gasteiger partial charge in [0, 0.05) is 25.8 Å². The quantitative estimate of drug-likeness (QED) is 0.797. The molecule has 1 unspecified atom stereocenters. The van der Waals surface area contributed by atoms with E-state index < -0.39 is 6.10 Å². The van der Waals surface area contributed by atoms with Gasteiger partial charge in [0.2, 0.25) is 0 Å². The van der Waals surface area contributed by atoms with Gasteiger partial charge in [0.05, 0.1) is 11.8 Å². The molecule has 1 aliphatic rings. The third kappa shape index (κ3) is 4.34. The van der Waals surface area contributed by atoms with Crippen LogP contribution in [0, 0.1) is 5.41 Å². The fraction of sp³-hybridized carbons (Fsp3) is 0.625. The summed E-state index contributed by atoms with van der Waals surface area (Å²) in [4.78, 5) is 18.6. The van der Waals surface area contributed by atoms with E-state index in [1.54, 1.807) is 12.3 Å². The molecule has 1 fully saturated rings. The fourth-order valence-electron chi connectivity index (χ4n) is 2.34. The van der Waals surface area contributed by atoms with Crippen molar-refractivity contribution >= 4 is 17.5 Å². The maximum atomic E-state index is 12.0. The van der Waals surface area contributed by atoms with Crippen molar-refractivity contribution in [3.05, 3.63) is 18.3 Å². The van der Waals surface area contributed by atoms with Crippen molar-refractivity contribution in [3.8, 4) is 0 Å². The lowest BCUT2D eigenvalue weighted by Crippen LogP contribution is -2.41. The van der Waals surface area contributed by atoms with Crippen LogP contribution in [0.25, 0.3) is 0 Å². The van der Waals surface area contributed by atoms with E-state index in [-0.39, 0.29) is 18.0 Å². The molecule has 6 nitrogen and oxygen atoms in total. The molecule has 0 saturated carbocycles. The van der Waals surface area contributed by atoms with E-state index in [4.69, 9.17) is 0 Å². The summed E-state index contributed by atoms with van der Waals surface area (Å²) in [5, 5.41) is 15.5. The molecule has 2 heterocycles. The van der Waals surface area contributed by atoms with E-state index >= 15 is 0 Å². The van der Waals surface area contributed by atoms with E-state index in [0.29, 0.717) is 5.69 Å². The second-order valence-corrected chi connectivity index (χ2v) is 6.79. The highest BCUT2D eigenvalue weighted by Gasteiger charge is 2.23. The standard InChI is InChI=1S/C16H26N4O2/c1-16(2,3)13(21)11-18-15(22)19-12-7-6-8-17-14(12)20-9-4-5-10-20/h6-8,13,21H,4-5,9-11H2,1-3H3,(H2,18,19,22). The van der Waals surface area contributed by atoms with Gasteiger partial charge in [0.15, 0.2) is 5.82 Å². The topological polar surface area (TPSA) is 77.5 Å². The van der Waals surface area contributed by atoms with Crippen LogP contribution in [-0.2, 0) is 0 Å². The van der Waals surface area contributed by atoms with Crippen molar-refractivity contribution in [2.75, 3.05) is 29.9 Å². The Kier molecular flexibility index (Phi) is 5.24. The third-order valence-electron chi connectivity index (χ3n) is 3.90. The minimum absolute atomic E-state index is 0.217. The number of pyridine rings is 1. The van der Waals surface area contributed by atoms with Gasteiger partial charge in [-0.05, 0) is 30.4 Å². The van der Waals surface area contributed by atoms with Gasteiger partial charge in [0.25, 0.3) is 0 Å². The Morgan fingerprint density at radius 1 is 1.41 bits per heavy atom. The van der Waals surface area contributed by atoms with Crippen LogP contribution in [-0.4, -0.2) is 41.9 Å². The van der Waals surface area contributed by atoms with Gasteiger partial charge >= 0.3 is 6.03 Å². The minimum Gasteiger partial charge on any atom is -0.391 e. The Hall–Kier alpha value is -1.82. The van der Waals surface area contributed by atoms with Crippen LogP contribution in [0.15, 0.2) is 18.3 Å². The Balaban J connectivity index is 1.94. The SMILES string of the molecule is CC(C)(C)C(O)CNC(=O)Nc1cccnc1N1CCCC1. The van der Waals surface area contributed by atoms with Crippen molar-refractivity contribution in [1.29, 1.82) is 0 Å². The summed E-state index contributed by atoms with van der Waals surface area (Å²) in [6.07, 6.45) is 3.45. The number of aliphatic hydroxyl groups excluding tert-OH is 1. The zero-order chi connectivity index (χ0) is 16.2. The number of anilines is 2. The number of amides is 2. The first-order chi connectivity index (χ1) is 10.4. The summed E-state index contributed by atoms with van der Waals surface area (Å²) in [7, 11) is 0. The van der Waals surface area contributed by atoms with Crippen molar-refractivity contribution in [3.63, 3.8) is 0 Å². The lowest BCUT2D eigenvalue weighted by Gasteiger charge is -2.26. The molecule has 1 aromatic heterocycles. The normalized spacial score (nSPS) is 16.5. The number of aromatic nitrogens is 1. The number of carbonyl (C=O) groups excluding carboxylic acids is 1. The van der Waals surface area contributed by atoms with Crippen LogP contribution in [0.3, 0.4) is 0 Å². The number of rotatable bonds is 4. The van der Waals surface area contributed by atoms with Crippen molar-refractivity contribution < 1.29 is 9.90 Å². The van der Waals surface area contributed by atoms with Gasteiger partial charge in [-0.1, -0.05) is 20.8 Å². The van der Waals surface area contributed by atoms with Gasteiger partial charge in [0.1, 0.15) is 0 Å². The number of hydrogen-bond acceptors (Lipinski definition) is 4. The maximum Gasteiger partial charge on any atom is 0.319 e. The van der Waals surface area contributed by atoms with E-state index in [1.165, 1.54) is 0 Å². The average Bonchev–Trinajstić information content (AvgIpc) is 2.98. The monoisotopic (exact) mass is 306 g/mol. The van der Waals surface area contributed by atoms with Crippen LogP contribution in [0.5, 0.6) is 0 Å². The highest BCUT2D eigenvalue weighted by Crippen LogP contribution is 2.26. The second kappa shape index (κ2) is 6.96. The molecule has 0 spiro atoms. The van der Waals surface area contributed by atoms with Crippen molar-refractivity contribution in [2.45, 2.75) is 39.7 Å². The second-order valence-electron chi connectivity index (χ2n) is 6.79. The lowest BCUT2D eigenvalue weighted by atomic mass is 9.89. The number of hydrogen-bond donors (Lipinski definition) is 3. The van der Waals surface area contributed by atoms with Crippen LogP contribution in [0.1, 0.15) is 33.6 Å². The molecule has 122 valence electrons. The number of nitrogens with zero attached hydrogens (tertiary/aromatic N) is 2. The number of aliphatic hydroxyl groups is 1. The molecule has 0 aromatic carbocycles. The molecule has 3 N–H and O–H groups in total. The first kappa shape index (κ1) is 16.5. The summed E-state index contributed by atoms with van der Waals surface area (Å²) in [6.45, 7) is 7.96. The smallest absolute Gasteiger partial charge is 0.319 e. The van der Waals surface area contributed by atoms with E-state index in [0.717, 1.165) is 31.7 Å². The zero-order valence-corrected chi connectivity index (χ0v) is 13.6. The summed E-state index contributed by atoms with van der Waals surface area (Å²) < 4.78 is 0.